The zero-order chi connectivity index (χ0) is 43.3. The summed E-state index contributed by atoms with van der Waals surface area (Å²) in [6.45, 7) is 4.75. The van der Waals surface area contributed by atoms with Crippen LogP contribution in [0.3, 0.4) is 0 Å². The van der Waals surface area contributed by atoms with Crippen LogP contribution in [-0.4, -0.2) is 0 Å². The average Bonchev–Trinajstić information content (AvgIpc) is 3.80. The number of para-hydroxylation sites is 1. The Bertz CT molecular complexity index is 3450. The number of hydrogen-bond acceptors (Lipinski definition) is 1. The lowest BCUT2D eigenvalue weighted by Crippen LogP contribution is -2.30. The van der Waals surface area contributed by atoms with Crippen molar-refractivity contribution in [3.63, 3.8) is 0 Å². The van der Waals surface area contributed by atoms with Crippen molar-refractivity contribution in [3.05, 3.63) is 270 Å². The summed E-state index contributed by atoms with van der Waals surface area (Å²) in [5, 5.41) is 0. The summed E-state index contributed by atoms with van der Waals surface area (Å²) in [4.78, 5) is 2.51. The van der Waals surface area contributed by atoms with E-state index in [0.29, 0.717) is 0 Å². The monoisotopic (exact) mass is 827 g/mol. The van der Waals surface area contributed by atoms with Crippen LogP contribution >= 0.6 is 0 Å². The highest BCUT2D eigenvalue weighted by Gasteiger charge is 2.49. The van der Waals surface area contributed by atoms with E-state index in [-0.39, 0.29) is 5.41 Å². The van der Waals surface area contributed by atoms with Crippen LogP contribution < -0.4 is 4.90 Å². The molecule has 0 saturated carbocycles. The Morgan fingerprint density at radius 3 is 1.20 bits per heavy atom. The molecule has 65 heavy (non-hydrogen) atoms. The van der Waals surface area contributed by atoms with E-state index in [2.05, 4.69) is 255 Å². The smallest absolute Gasteiger partial charge is 0.0725 e. The molecular weight excluding hydrogens is 783 g/mol. The fraction of sp³-hybridized carbons (Fsp3) is 0.0625. The number of anilines is 3. The molecular formula is C64H45N. The van der Waals surface area contributed by atoms with Gasteiger partial charge in [0.15, 0.2) is 0 Å². The second kappa shape index (κ2) is 14.3. The van der Waals surface area contributed by atoms with E-state index in [0.717, 1.165) is 17.1 Å². The van der Waals surface area contributed by atoms with Crippen molar-refractivity contribution in [2.24, 2.45) is 0 Å². The molecule has 306 valence electrons. The Morgan fingerprint density at radius 2 is 0.631 bits per heavy atom. The normalized spacial score (nSPS) is 13.9. The first-order valence-corrected chi connectivity index (χ1v) is 22.8. The summed E-state index contributed by atoms with van der Waals surface area (Å²) in [5.41, 5.74) is 25.5. The van der Waals surface area contributed by atoms with Gasteiger partial charge in [-0.1, -0.05) is 220 Å². The minimum atomic E-state index is -0.627. The number of nitrogens with zero attached hydrogens (tertiary/aromatic N) is 1. The van der Waals surface area contributed by atoms with Gasteiger partial charge in [0.1, 0.15) is 0 Å². The van der Waals surface area contributed by atoms with Gasteiger partial charge in [0, 0.05) is 22.4 Å². The molecule has 10 aromatic rings. The molecule has 1 heteroatoms. The molecule has 10 aromatic carbocycles. The molecule has 0 unspecified atom stereocenters. The Hall–Kier alpha value is -8.00. The second-order valence-corrected chi connectivity index (χ2v) is 18.3. The zero-order valence-corrected chi connectivity index (χ0v) is 36.5. The number of fused-ring (bicyclic) bond motifs is 17. The van der Waals surface area contributed by atoms with Gasteiger partial charge in [0.25, 0.3) is 0 Å². The van der Waals surface area contributed by atoms with Crippen molar-refractivity contribution in [1.82, 2.24) is 0 Å². The first kappa shape index (κ1) is 37.5. The van der Waals surface area contributed by atoms with Crippen LogP contribution in [0.25, 0.3) is 66.8 Å². The summed E-state index contributed by atoms with van der Waals surface area (Å²) in [7, 11) is 0. The van der Waals surface area contributed by atoms with Gasteiger partial charge in [-0.3, -0.25) is 0 Å². The lowest BCUT2D eigenvalue weighted by atomic mass is 9.64. The molecule has 0 amide bonds. The van der Waals surface area contributed by atoms with Crippen molar-refractivity contribution in [2.45, 2.75) is 24.7 Å². The molecule has 0 N–H and O–H groups in total. The number of benzene rings is 10. The predicted molar refractivity (Wildman–Crippen MR) is 271 cm³/mol. The molecule has 0 aromatic heterocycles. The van der Waals surface area contributed by atoms with E-state index in [1.807, 2.05) is 0 Å². The van der Waals surface area contributed by atoms with E-state index < -0.39 is 5.41 Å². The Balaban J connectivity index is 1.11. The lowest BCUT2D eigenvalue weighted by molar-refractivity contribution is 0.660. The average molecular weight is 828 g/mol. The predicted octanol–water partition coefficient (Wildman–Crippen LogP) is 16.8. The Labute approximate surface area is 381 Å². The first-order valence-electron chi connectivity index (χ1n) is 22.8. The van der Waals surface area contributed by atoms with Crippen LogP contribution in [0.2, 0.25) is 0 Å². The maximum atomic E-state index is 2.51. The molecule has 0 saturated heterocycles. The fourth-order valence-electron chi connectivity index (χ4n) is 11.9. The van der Waals surface area contributed by atoms with Gasteiger partial charge in [-0.05, 0) is 125 Å². The summed E-state index contributed by atoms with van der Waals surface area (Å²) in [5.74, 6) is 0. The molecule has 0 heterocycles. The van der Waals surface area contributed by atoms with E-state index in [4.69, 9.17) is 0 Å². The summed E-state index contributed by atoms with van der Waals surface area (Å²) < 4.78 is 0. The van der Waals surface area contributed by atoms with Gasteiger partial charge in [-0.25, -0.2) is 0 Å². The molecule has 0 radical (unpaired) electrons. The van der Waals surface area contributed by atoms with Crippen molar-refractivity contribution in [3.8, 4) is 66.8 Å². The fourth-order valence-corrected chi connectivity index (χ4v) is 11.9. The third-order valence-electron chi connectivity index (χ3n) is 14.7. The van der Waals surface area contributed by atoms with Gasteiger partial charge >= 0.3 is 0 Å². The highest BCUT2D eigenvalue weighted by molar-refractivity contribution is 6.00. The lowest BCUT2D eigenvalue weighted by Gasteiger charge is -2.37. The third kappa shape index (κ3) is 5.33. The van der Waals surface area contributed by atoms with Gasteiger partial charge in [-0.15, -0.1) is 0 Å². The molecule has 13 rings (SSSR count). The molecule has 3 aliphatic carbocycles. The molecule has 0 aliphatic heterocycles. The number of hydrogen-bond donors (Lipinski definition) is 0. The second-order valence-electron chi connectivity index (χ2n) is 18.3. The van der Waals surface area contributed by atoms with E-state index in [9.17, 15) is 0 Å². The van der Waals surface area contributed by atoms with Crippen molar-refractivity contribution in [1.29, 1.82) is 0 Å². The standard InChI is InChI=1S/C64H45N/c1-63(2)56-31-15-10-29-52(56)54-38-36-44(41-61(54)63)65(62-35-19-14-22-45(62)42-20-4-3-5-21-42)43-37-39-60-55(40-43)53-30-13-18-34-59(53)64(60)57-32-16-11-27-50(57)48-25-8-6-23-46(48)47-24-7-9-26-49(47)51-28-12-17-33-58(51)64/h3-41H,1-2H3. The summed E-state index contributed by atoms with van der Waals surface area (Å²) in [6.07, 6.45) is 0. The maximum absolute atomic E-state index is 2.51. The van der Waals surface area contributed by atoms with Crippen LogP contribution in [0.4, 0.5) is 17.1 Å². The molecule has 0 atom stereocenters. The minimum Gasteiger partial charge on any atom is -0.310 e. The van der Waals surface area contributed by atoms with E-state index >= 15 is 0 Å². The van der Waals surface area contributed by atoms with Gasteiger partial charge in [0.2, 0.25) is 0 Å². The minimum absolute atomic E-state index is 0.148. The van der Waals surface area contributed by atoms with Gasteiger partial charge < -0.3 is 4.90 Å². The van der Waals surface area contributed by atoms with Crippen LogP contribution in [0.1, 0.15) is 47.2 Å². The molecule has 3 aliphatic rings. The highest BCUT2D eigenvalue weighted by atomic mass is 15.1. The van der Waals surface area contributed by atoms with Crippen LogP contribution in [0.15, 0.2) is 237 Å². The molecule has 1 nitrogen and oxygen atoms in total. The maximum Gasteiger partial charge on any atom is 0.0725 e. The molecule has 1 spiro atoms. The zero-order valence-electron chi connectivity index (χ0n) is 36.5. The van der Waals surface area contributed by atoms with E-state index in [1.165, 1.54) is 100 Å². The number of rotatable bonds is 4. The van der Waals surface area contributed by atoms with Crippen LogP contribution in [0.5, 0.6) is 0 Å². The molecule has 0 fully saturated rings. The first-order chi connectivity index (χ1) is 32.0. The Kier molecular flexibility index (Phi) is 8.24. The SMILES string of the molecule is CC1(C)c2ccccc2-c2ccc(N(c3ccc4c(c3)-c3ccccc3C43c4ccccc4-c4ccccc4-c4ccccc4-c4ccccc43)c3ccccc3-c3ccccc3)cc21. The van der Waals surface area contributed by atoms with Crippen LogP contribution in [-0.2, 0) is 10.8 Å². The van der Waals surface area contributed by atoms with Gasteiger partial charge in [0.05, 0.1) is 11.1 Å². The van der Waals surface area contributed by atoms with Crippen molar-refractivity contribution < 1.29 is 0 Å². The third-order valence-corrected chi connectivity index (χ3v) is 14.7. The van der Waals surface area contributed by atoms with E-state index in [1.54, 1.807) is 0 Å². The van der Waals surface area contributed by atoms with Gasteiger partial charge in [-0.2, -0.15) is 0 Å². The largest absolute Gasteiger partial charge is 0.310 e. The van der Waals surface area contributed by atoms with Crippen LogP contribution in [0, 0.1) is 0 Å². The summed E-state index contributed by atoms with van der Waals surface area (Å²) >= 11 is 0. The Morgan fingerprint density at radius 1 is 0.262 bits per heavy atom. The van der Waals surface area contributed by atoms with Crippen molar-refractivity contribution in [2.75, 3.05) is 4.90 Å². The highest BCUT2D eigenvalue weighted by Crippen LogP contribution is 2.62. The van der Waals surface area contributed by atoms with Crippen molar-refractivity contribution >= 4 is 17.1 Å². The molecule has 0 bridgehead atoms. The topological polar surface area (TPSA) is 3.24 Å². The quantitative estimate of drug-likeness (QED) is 0.171. The summed E-state index contributed by atoms with van der Waals surface area (Å²) in [6, 6.07) is 88.7.